The fraction of sp³-hybridized carbons (Fsp3) is 0.160. The van der Waals surface area contributed by atoms with E-state index in [2.05, 4.69) is 15.8 Å². The summed E-state index contributed by atoms with van der Waals surface area (Å²) in [7, 11) is -2.35. The van der Waals surface area contributed by atoms with Gasteiger partial charge in [-0.2, -0.15) is 5.10 Å². The first-order chi connectivity index (χ1) is 16.7. The fourth-order valence-corrected chi connectivity index (χ4v) is 4.07. The summed E-state index contributed by atoms with van der Waals surface area (Å²) in [6.45, 7) is 1.20. The van der Waals surface area contributed by atoms with Crippen molar-refractivity contribution in [3.05, 3.63) is 90.0 Å². The molecular weight excluding hydrogens is 468 g/mol. The zero-order chi connectivity index (χ0) is 25.4. The van der Waals surface area contributed by atoms with Crippen LogP contribution in [0.4, 0.5) is 11.4 Å². The Morgan fingerprint density at radius 1 is 0.943 bits per heavy atom. The third-order valence-electron chi connectivity index (χ3n) is 4.96. The third-order valence-corrected chi connectivity index (χ3v) is 6.09. The van der Waals surface area contributed by atoms with Crippen LogP contribution in [-0.2, 0) is 14.8 Å². The molecule has 0 saturated carbocycles. The molecule has 2 amide bonds. The highest BCUT2D eigenvalue weighted by Crippen LogP contribution is 2.29. The van der Waals surface area contributed by atoms with Gasteiger partial charge < -0.3 is 10.1 Å². The highest BCUT2D eigenvalue weighted by molar-refractivity contribution is 7.92. The fourth-order valence-electron chi connectivity index (χ4n) is 3.21. The Morgan fingerprint density at radius 3 is 2.29 bits per heavy atom. The van der Waals surface area contributed by atoms with Crippen molar-refractivity contribution in [2.24, 2.45) is 5.10 Å². The van der Waals surface area contributed by atoms with Crippen molar-refractivity contribution in [3.63, 3.8) is 0 Å². The zero-order valence-electron chi connectivity index (χ0n) is 19.6. The second-order valence-corrected chi connectivity index (χ2v) is 9.48. The minimum Gasteiger partial charge on any atom is -0.495 e. The standard InChI is InChI=1S/C25H26N4O5S/c1-18(20-12-9-13-21(16-20)26-25(31)19-10-5-4-6-11-19)27-28-24(30)17-29(35(3,32)33)22-14-7-8-15-23(22)34-2/h4-16H,17H2,1-3H3,(H,26,31)(H,28,30)/b27-18+. The first-order valence-electron chi connectivity index (χ1n) is 10.6. The lowest BCUT2D eigenvalue weighted by atomic mass is 10.1. The molecule has 0 fully saturated rings. The van der Waals surface area contributed by atoms with Crippen LogP contribution < -0.4 is 19.8 Å². The van der Waals surface area contributed by atoms with E-state index in [4.69, 9.17) is 4.74 Å². The molecule has 3 aromatic rings. The van der Waals surface area contributed by atoms with Gasteiger partial charge in [0.15, 0.2) is 0 Å². The molecule has 0 unspecified atom stereocenters. The highest BCUT2D eigenvalue weighted by atomic mass is 32.2. The second kappa shape index (κ2) is 11.3. The Bertz CT molecular complexity index is 1340. The van der Waals surface area contributed by atoms with Crippen LogP contribution in [0.5, 0.6) is 5.75 Å². The zero-order valence-corrected chi connectivity index (χ0v) is 20.4. The molecule has 0 bridgehead atoms. The number of rotatable bonds is 9. The molecule has 0 radical (unpaired) electrons. The summed E-state index contributed by atoms with van der Waals surface area (Å²) in [4.78, 5) is 25.0. The number of carbonyl (C=O) groups is 2. The average molecular weight is 495 g/mol. The summed E-state index contributed by atoms with van der Waals surface area (Å²) in [5, 5.41) is 6.92. The number of amides is 2. The number of hydrazone groups is 1. The summed E-state index contributed by atoms with van der Waals surface area (Å²) in [5.74, 6) is -0.558. The van der Waals surface area contributed by atoms with Crippen LogP contribution in [0, 0.1) is 0 Å². The molecule has 0 saturated heterocycles. The number of nitrogens with one attached hydrogen (secondary N) is 2. The van der Waals surface area contributed by atoms with E-state index < -0.39 is 22.5 Å². The molecular formula is C25H26N4O5S. The van der Waals surface area contributed by atoms with Gasteiger partial charge in [0.1, 0.15) is 12.3 Å². The molecule has 0 aliphatic heterocycles. The van der Waals surface area contributed by atoms with Gasteiger partial charge in [-0.05, 0) is 48.9 Å². The van der Waals surface area contributed by atoms with Gasteiger partial charge in [-0.25, -0.2) is 13.8 Å². The van der Waals surface area contributed by atoms with Crippen LogP contribution in [0.2, 0.25) is 0 Å². The largest absolute Gasteiger partial charge is 0.495 e. The predicted octanol–water partition coefficient (Wildman–Crippen LogP) is 3.25. The van der Waals surface area contributed by atoms with Gasteiger partial charge in [0, 0.05) is 11.3 Å². The lowest BCUT2D eigenvalue weighted by Gasteiger charge is -2.23. The highest BCUT2D eigenvalue weighted by Gasteiger charge is 2.23. The average Bonchev–Trinajstić information content (AvgIpc) is 2.85. The van der Waals surface area contributed by atoms with E-state index in [9.17, 15) is 18.0 Å². The summed E-state index contributed by atoms with van der Waals surface area (Å²) in [6, 6.07) is 22.3. The van der Waals surface area contributed by atoms with Crippen molar-refractivity contribution in [1.29, 1.82) is 0 Å². The molecule has 0 spiro atoms. The number of anilines is 2. The lowest BCUT2D eigenvalue weighted by molar-refractivity contribution is -0.119. The van der Waals surface area contributed by atoms with Gasteiger partial charge in [-0.3, -0.25) is 13.9 Å². The lowest BCUT2D eigenvalue weighted by Crippen LogP contribution is -2.39. The van der Waals surface area contributed by atoms with Crippen LogP contribution in [0.15, 0.2) is 84.0 Å². The Morgan fingerprint density at radius 2 is 1.60 bits per heavy atom. The van der Waals surface area contributed by atoms with Crippen LogP contribution in [0.3, 0.4) is 0 Å². The van der Waals surface area contributed by atoms with E-state index in [-0.39, 0.29) is 11.6 Å². The number of para-hydroxylation sites is 2. The van der Waals surface area contributed by atoms with Gasteiger partial charge >= 0.3 is 0 Å². The molecule has 0 aliphatic carbocycles. The smallest absolute Gasteiger partial charge is 0.260 e. The first kappa shape index (κ1) is 25.4. The number of hydrogen-bond donors (Lipinski definition) is 2. The molecule has 10 heteroatoms. The SMILES string of the molecule is COc1ccccc1N(CC(=O)N/N=C(\C)c1cccc(NC(=O)c2ccccc2)c1)S(C)(=O)=O. The number of ether oxygens (including phenoxy) is 1. The molecule has 0 aromatic heterocycles. The Labute approximate surface area is 204 Å². The van der Waals surface area contributed by atoms with Gasteiger partial charge in [0.25, 0.3) is 11.8 Å². The number of carbonyl (C=O) groups excluding carboxylic acids is 2. The normalized spacial score (nSPS) is 11.5. The molecule has 0 atom stereocenters. The first-order valence-corrected chi connectivity index (χ1v) is 12.4. The van der Waals surface area contributed by atoms with Crippen molar-refractivity contribution in [3.8, 4) is 5.75 Å². The molecule has 0 heterocycles. The van der Waals surface area contributed by atoms with Crippen LogP contribution in [-0.4, -0.2) is 45.9 Å². The van der Waals surface area contributed by atoms with Crippen LogP contribution >= 0.6 is 0 Å². The van der Waals surface area contributed by atoms with Gasteiger partial charge in [0.05, 0.1) is 24.8 Å². The van der Waals surface area contributed by atoms with E-state index in [0.29, 0.717) is 28.3 Å². The van der Waals surface area contributed by atoms with Crippen molar-refractivity contribution in [1.82, 2.24) is 5.43 Å². The molecule has 3 aromatic carbocycles. The molecule has 35 heavy (non-hydrogen) atoms. The van der Waals surface area contributed by atoms with Crippen molar-refractivity contribution in [2.45, 2.75) is 6.92 Å². The van der Waals surface area contributed by atoms with Crippen molar-refractivity contribution >= 4 is 38.9 Å². The van der Waals surface area contributed by atoms with Crippen molar-refractivity contribution < 1.29 is 22.7 Å². The Hall–Kier alpha value is -4.18. The van der Waals surface area contributed by atoms with E-state index in [0.717, 1.165) is 10.6 Å². The number of nitrogens with zero attached hydrogens (tertiary/aromatic N) is 2. The van der Waals surface area contributed by atoms with E-state index in [1.807, 2.05) is 6.07 Å². The number of sulfonamides is 1. The van der Waals surface area contributed by atoms with Crippen LogP contribution in [0.25, 0.3) is 0 Å². The summed E-state index contributed by atoms with van der Waals surface area (Å²) in [5.41, 5.74) is 4.87. The molecule has 9 nitrogen and oxygen atoms in total. The van der Waals surface area contributed by atoms with E-state index in [1.165, 1.54) is 7.11 Å². The molecule has 3 rings (SSSR count). The summed E-state index contributed by atoms with van der Waals surface area (Å²) >= 11 is 0. The van der Waals surface area contributed by atoms with Crippen molar-refractivity contribution in [2.75, 3.05) is 29.5 Å². The van der Waals surface area contributed by atoms with Gasteiger partial charge in [-0.15, -0.1) is 0 Å². The second-order valence-electron chi connectivity index (χ2n) is 7.57. The number of benzene rings is 3. The number of hydrogen-bond acceptors (Lipinski definition) is 6. The Balaban J connectivity index is 1.71. The monoisotopic (exact) mass is 494 g/mol. The summed E-state index contributed by atoms with van der Waals surface area (Å²) in [6.07, 6.45) is 1.01. The molecule has 0 aliphatic rings. The minimum atomic E-state index is -3.77. The maximum atomic E-state index is 12.6. The van der Waals surface area contributed by atoms with Gasteiger partial charge in [0.2, 0.25) is 10.0 Å². The quantitative estimate of drug-likeness (QED) is 0.350. The van der Waals surface area contributed by atoms with E-state index >= 15 is 0 Å². The Kier molecular flexibility index (Phi) is 8.21. The maximum Gasteiger partial charge on any atom is 0.260 e. The maximum absolute atomic E-state index is 12.6. The third kappa shape index (κ3) is 6.90. The predicted molar refractivity (Wildman–Crippen MR) is 136 cm³/mol. The number of methoxy groups -OCH3 is 1. The topological polar surface area (TPSA) is 117 Å². The van der Waals surface area contributed by atoms with Crippen LogP contribution in [0.1, 0.15) is 22.8 Å². The molecule has 2 N–H and O–H groups in total. The minimum absolute atomic E-state index is 0.246. The van der Waals surface area contributed by atoms with E-state index in [1.54, 1.807) is 79.7 Å². The molecule has 182 valence electrons. The van der Waals surface area contributed by atoms with Gasteiger partial charge in [-0.1, -0.05) is 42.5 Å². The summed E-state index contributed by atoms with van der Waals surface area (Å²) < 4.78 is 30.9.